The zero-order chi connectivity index (χ0) is 34.2. The van der Waals surface area contributed by atoms with Gasteiger partial charge in [-0.1, -0.05) is 115 Å². The normalized spacial score (nSPS) is 11.8. The van der Waals surface area contributed by atoms with Gasteiger partial charge in [-0.15, -0.1) is 0 Å². The number of pyridine rings is 1. The van der Waals surface area contributed by atoms with E-state index in [1.165, 1.54) is 0 Å². The van der Waals surface area contributed by atoms with Crippen LogP contribution in [-0.4, -0.2) is 19.9 Å². The van der Waals surface area contributed by atoms with Gasteiger partial charge in [0.1, 0.15) is 22.3 Å². The van der Waals surface area contributed by atoms with Gasteiger partial charge in [-0.25, -0.2) is 19.9 Å². The summed E-state index contributed by atoms with van der Waals surface area (Å²) in [5.74, 6) is 1.65. The van der Waals surface area contributed by atoms with Crippen molar-refractivity contribution in [3.05, 3.63) is 158 Å². The maximum Gasteiger partial charge on any atom is 0.167 e. The highest BCUT2D eigenvalue weighted by atomic mass is 16.3. The molecular weight excluding hydrogens is 641 g/mol. The minimum Gasteiger partial charge on any atom is -0.456 e. The van der Waals surface area contributed by atoms with E-state index < -0.39 is 0 Å². The Hall–Kier alpha value is -7.18. The van der Waals surface area contributed by atoms with E-state index in [1.807, 2.05) is 72.8 Å². The molecule has 0 aliphatic heterocycles. The summed E-state index contributed by atoms with van der Waals surface area (Å²) in [5, 5.41) is 7.41. The minimum atomic E-state index is 0.527. The second-order valence-corrected chi connectivity index (χ2v) is 13.0. The fraction of sp³-hybridized carbons (Fsp3) is 0. The van der Waals surface area contributed by atoms with Crippen LogP contribution in [0.25, 0.3) is 111 Å². The first-order chi connectivity index (χ1) is 25.8. The monoisotopic (exact) mass is 666 g/mol. The van der Waals surface area contributed by atoms with Gasteiger partial charge in [-0.05, 0) is 42.5 Å². The highest BCUT2D eigenvalue weighted by Crippen LogP contribution is 2.43. The Kier molecular flexibility index (Phi) is 6.15. The van der Waals surface area contributed by atoms with Crippen molar-refractivity contribution < 1.29 is 8.83 Å². The van der Waals surface area contributed by atoms with E-state index in [4.69, 9.17) is 28.8 Å². The second-order valence-electron chi connectivity index (χ2n) is 13.0. The van der Waals surface area contributed by atoms with E-state index in [0.717, 1.165) is 93.5 Å². The van der Waals surface area contributed by atoms with Crippen LogP contribution < -0.4 is 0 Å². The van der Waals surface area contributed by atoms with Crippen LogP contribution in [0.2, 0.25) is 0 Å². The number of furan rings is 2. The Balaban J connectivity index is 1.17. The van der Waals surface area contributed by atoms with Gasteiger partial charge in [-0.3, -0.25) is 0 Å². The molecule has 0 saturated heterocycles. The summed E-state index contributed by atoms with van der Waals surface area (Å²) in [7, 11) is 0. The van der Waals surface area contributed by atoms with Crippen LogP contribution in [0.15, 0.2) is 167 Å². The summed E-state index contributed by atoms with van der Waals surface area (Å²) < 4.78 is 13.0. The van der Waals surface area contributed by atoms with E-state index in [9.17, 15) is 0 Å². The van der Waals surface area contributed by atoms with Crippen LogP contribution in [0, 0.1) is 0 Å². The Labute approximate surface area is 296 Å². The lowest BCUT2D eigenvalue weighted by Gasteiger charge is -2.11. The smallest absolute Gasteiger partial charge is 0.167 e. The maximum atomic E-state index is 6.79. The van der Waals surface area contributed by atoms with Crippen molar-refractivity contribution in [2.45, 2.75) is 0 Å². The molecule has 11 aromatic rings. The lowest BCUT2D eigenvalue weighted by Crippen LogP contribution is -2.00. The summed E-state index contributed by atoms with van der Waals surface area (Å²) in [6, 6.07) is 53.3. The molecule has 0 bridgehead atoms. The van der Waals surface area contributed by atoms with Gasteiger partial charge in [-0.2, -0.15) is 0 Å². The predicted molar refractivity (Wildman–Crippen MR) is 209 cm³/mol. The van der Waals surface area contributed by atoms with E-state index in [1.54, 1.807) is 0 Å². The topological polar surface area (TPSA) is 77.8 Å². The zero-order valence-corrected chi connectivity index (χ0v) is 27.6. The molecule has 0 amide bonds. The molecule has 0 fully saturated rings. The molecule has 0 N–H and O–H groups in total. The molecular formula is C46H26N4O2. The number of nitrogens with zero attached hydrogens (tertiary/aromatic N) is 4. The third kappa shape index (κ3) is 4.38. The number of para-hydroxylation sites is 3. The van der Waals surface area contributed by atoms with Crippen molar-refractivity contribution in [2.75, 3.05) is 0 Å². The lowest BCUT2D eigenvalue weighted by molar-refractivity contribution is 0.668. The van der Waals surface area contributed by atoms with Gasteiger partial charge in [0, 0.05) is 54.4 Å². The number of benzene rings is 7. The maximum absolute atomic E-state index is 6.79. The molecule has 6 nitrogen and oxygen atoms in total. The van der Waals surface area contributed by atoms with Crippen molar-refractivity contribution in [1.29, 1.82) is 0 Å². The molecule has 0 spiro atoms. The van der Waals surface area contributed by atoms with Crippen molar-refractivity contribution in [3.8, 4) is 45.4 Å². The van der Waals surface area contributed by atoms with Gasteiger partial charge >= 0.3 is 0 Å². The van der Waals surface area contributed by atoms with Gasteiger partial charge in [0.05, 0.1) is 16.8 Å². The molecule has 0 radical (unpaired) electrons. The van der Waals surface area contributed by atoms with Gasteiger partial charge in [0.25, 0.3) is 0 Å². The third-order valence-corrected chi connectivity index (χ3v) is 9.92. The van der Waals surface area contributed by atoms with E-state index in [2.05, 4.69) is 84.9 Å². The largest absolute Gasteiger partial charge is 0.456 e. The summed E-state index contributed by atoms with van der Waals surface area (Å²) >= 11 is 0. The fourth-order valence-corrected chi connectivity index (χ4v) is 7.53. The van der Waals surface area contributed by atoms with Crippen molar-refractivity contribution in [1.82, 2.24) is 19.9 Å². The summed E-state index contributed by atoms with van der Waals surface area (Å²) in [6.45, 7) is 0. The van der Waals surface area contributed by atoms with Crippen LogP contribution in [-0.2, 0) is 0 Å². The molecule has 52 heavy (non-hydrogen) atoms. The van der Waals surface area contributed by atoms with Crippen molar-refractivity contribution >= 4 is 65.6 Å². The SMILES string of the molecule is c1ccc(-c2nc(-c3ccc4c(c3)oc3ccccc34)nc(-c3cccc4c3oc3ccc5c(-c6ccccc6)nc6ccccc6c5c34)n2)cc1. The molecule has 242 valence electrons. The molecule has 6 heteroatoms. The zero-order valence-electron chi connectivity index (χ0n) is 27.6. The van der Waals surface area contributed by atoms with Crippen LogP contribution in [0.5, 0.6) is 0 Å². The Bertz CT molecular complexity index is 3180. The Morgan fingerprint density at radius 1 is 0.346 bits per heavy atom. The van der Waals surface area contributed by atoms with Crippen LogP contribution >= 0.6 is 0 Å². The predicted octanol–water partition coefficient (Wildman–Crippen LogP) is 12.0. The van der Waals surface area contributed by atoms with E-state index in [-0.39, 0.29) is 0 Å². The fourth-order valence-electron chi connectivity index (χ4n) is 7.53. The number of rotatable bonds is 4. The highest BCUT2D eigenvalue weighted by molar-refractivity contribution is 6.28. The first-order valence-electron chi connectivity index (χ1n) is 17.2. The standard InChI is InChI=1S/C46H26N4O2/c1-3-12-27(13-4-1)42-33-24-25-38-41(40(33)32-17-7-9-20-36(32)47-42)34-18-11-19-35(43(34)52-38)46-49-44(28-14-5-2-6-15-28)48-45(50-46)29-22-23-31-30-16-8-10-21-37(30)51-39(31)26-29/h1-26H. The third-order valence-electron chi connectivity index (χ3n) is 9.92. The van der Waals surface area contributed by atoms with Gasteiger partial charge in [0.2, 0.25) is 0 Å². The molecule has 7 aromatic carbocycles. The molecule has 11 rings (SSSR count). The molecule has 0 aliphatic rings. The molecule has 4 aromatic heterocycles. The molecule has 0 saturated carbocycles. The minimum absolute atomic E-state index is 0.527. The number of hydrogen-bond acceptors (Lipinski definition) is 6. The van der Waals surface area contributed by atoms with Crippen LogP contribution in [0.4, 0.5) is 0 Å². The molecule has 0 unspecified atom stereocenters. The first-order valence-corrected chi connectivity index (χ1v) is 17.2. The highest BCUT2D eigenvalue weighted by Gasteiger charge is 2.21. The van der Waals surface area contributed by atoms with E-state index >= 15 is 0 Å². The summed E-state index contributed by atoms with van der Waals surface area (Å²) in [6.07, 6.45) is 0. The van der Waals surface area contributed by atoms with Gasteiger partial charge < -0.3 is 8.83 Å². The van der Waals surface area contributed by atoms with E-state index in [0.29, 0.717) is 17.5 Å². The Morgan fingerprint density at radius 3 is 1.85 bits per heavy atom. The first kappa shape index (κ1) is 28.6. The summed E-state index contributed by atoms with van der Waals surface area (Å²) in [4.78, 5) is 20.3. The number of aromatic nitrogens is 4. The lowest BCUT2D eigenvalue weighted by atomic mass is 9.96. The van der Waals surface area contributed by atoms with Crippen molar-refractivity contribution in [2.24, 2.45) is 0 Å². The number of hydrogen-bond donors (Lipinski definition) is 0. The number of fused-ring (bicyclic) bond motifs is 10. The average molecular weight is 667 g/mol. The summed E-state index contributed by atoms with van der Waals surface area (Å²) in [5.41, 5.74) is 8.60. The quantitative estimate of drug-likeness (QED) is 0.174. The molecule has 0 aliphatic carbocycles. The second kappa shape index (κ2) is 11.2. The van der Waals surface area contributed by atoms with Crippen LogP contribution in [0.3, 0.4) is 0 Å². The molecule has 0 atom stereocenters. The van der Waals surface area contributed by atoms with Gasteiger partial charge in [0.15, 0.2) is 17.5 Å². The van der Waals surface area contributed by atoms with Crippen LogP contribution in [0.1, 0.15) is 0 Å². The average Bonchev–Trinajstić information content (AvgIpc) is 3.79. The van der Waals surface area contributed by atoms with Crippen molar-refractivity contribution in [3.63, 3.8) is 0 Å². The molecule has 4 heterocycles. The Morgan fingerprint density at radius 2 is 1.00 bits per heavy atom.